The lowest BCUT2D eigenvalue weighted by Crippen LogP contribution is -2.01. The normalized spacial score (nSPS) is 11.0. The summed E-state index contributed by atoms with van der Waals surface area (Å²) in [4.78, 5) is 16.8. The van der Waals surface area contributed by atoms with Gasteiger partial charge in [0.1, 0.15) is 28.7 Å². The van der Waals surface area contributed by atoms with Crippen molar-refractivity contribution < 1.29 is 8.78 Å². The lowest BCUT2D eigenvalue weighted by atomic mass is 10.0. The van der Waals surface area contributed by atoms with Crippen molar-refractivity contribution in [3.8, 4) is 22.6 Å². The molecule has 0 aliphatic rings. The third-order valence-electron chi connectivity index (χ3n) is 4.02. The Bertz CT molecular complexity index is 1150. The van der Waals surface area contributed by atoms with E-state index in [1.165, 1.54) is 42.9 Å². The van der Waals surface area contributed by atoms with Gasteiger partial charge < -0.3 is 5.32 Å². The number of anilines is 1. The Balaban J connectivity index is 1.96. The average Bonchev–Trinajstić information content (AvgIpc) is 2.69. The van der Waals surface area contributed by atoms with Gasteiger partial charge in [0.25, 0.3) is 0 Å². The maximum absolute atomic E-state index is 14.9. The second kappa shape index (κ2) is 6.85. The molecule has 134 valence electrons. The lowest BCUT2D eigenvalue weighted by molar-refractivity contribution is 0.628. The first-order valence-corrected chi connectivity index (χ1v) is 8.35. The molecule has 0 aliphatic carbocycles. The van der Waals surface area contributed by atoms with Gasteiger partial charge in [-0.05, 0) is 35.9 Å². The van der Waals surface area contributed by atoms with Gasteiger partial charge in [0.15, 0.2) is 5.82 Å². The molecule has 1 N–H and O–H groups in total. The van der Waals surface area contributed by atoms with E-state index in [9.17, 15) is 8.78 Å². The van der Waals surface area contributed by atoms with Crippen LogP contribution in [0, 0.1) is 11.6 Å². The average molecular weight is 384 g/mol. The van der Waals surface area contributed by atoms with Crippen LogP contribution in [0.5, 0.6) is 0 Å². The number of fused-ring (bicyclic) bond motifs is 1. The maximum atomic E-state index is 14.9. The number of rotatable bonds is 3. The van der Waals surface area contributed by atoms with E-state index in [0.717, 1.165) is 0 Å². The van der Waals surface area contributed by atoms with Crippen molar-refractivity contribution in [2.24, 2.45) is 0 Å². The first-order chi connectivity index (χ1) is 13.1. The molecule has 27 heavy (non-hydrogen) atoms. The summed E-state index contributed by atoms with van der Waals surface area (Å²) in [6.07, 6.45) is 4.53. The van der Waals surface area contributed by atoms with Gasteiger partial charge in [0.05, 0.1) is 6.20 Å². The zero-order valence-electron chi connectivity index (χ0n) is 14.0. The fourth-order valence-electron chi connectivity index (χ4n) is 2.78. The van der Waals surface area contributed by atoms with E-state index < -0.39 is 11.6 Å². The molecule has 0 bridgehead atoms. The third kappa shape index (κ3) is 3.17. The van der Waals surface area contributed by atoms with E-state index in [4.69, 9.17) is 11.6 Å². The van der Waals surface area contributed by atoms with Crippen molar-refractivity contribution in [1.82, 2.24) is 19.9 Å². The summed E-state index contributed by atoms with van der Waals surface area (Å²) in [5.74, 6) is -0.380. The third-order valence-corrected chi connectivity index (χ3v) is 4.35. The number of nitrogens with zero attached hydrogens (tertiary/aromatic N) is 4. The van der Waals surface area contributed by atoms with Crippen molar-refractivity contribution in [3.05, 3.63) is 65.6 Å². The summed E-state index contributed by atoms with van der Waals surface area (Å²) in [6, 6.07) is 6.89. The summed E-state index contributed by atoms with van der Waals surface area (Å²) in [6.45, 7) is 0. The van der Waals surface area contributed by atoms with Gasteiger partial charge in [0.2, 0.25) is 0 Å². The predicted octanol–water partition coefficient (Wildman–Crippen LogP) is 4.73. The lowest BCUT2D eigenvalue weighted by Gasteiger charge is -2.11. The van der Waals surface area contributed by atoms with E-state index in [1.807, 2.05) is 0 Å². The van der Waals surface area contributed by atoms with E-state index in [2.05, 4.69) is 25.3 Å². The summed E-state index contributed by atoms with van der Waals surface area (Å²) >= 11 is 6.16. The molecule has 0 saturated carbocycles. The largest absolute Gasteiger partial charge is 0.373 e. The standard InChI is InChI=1S/C19H12ClF2N5/c1-23-18-13-6-10(12-8-11(21)2-3-14(12)20)7-15(22)17(13)26-19(27-18)16-9-24-4-5-25-16/h2-9H,1H3,(H,23,26,27). The Morgan fingerprint density at radius 2 is 1.89 bits per heavy atom. The second-order valence-electron chi connectivity index (χ2n) is 5.71. The topological polar surface area (TPSA) is 63.6 Å². The van der Waals surface area contributed by atoms with E-state index in [-0.39, 0.29) is 11.3 Å². The highest BCUT2D eigenvalue weighted by Gasteiger charge is 2.16. The Hall–Kier alpha value is -3.19. The highest BCUT2D eigenvalue weighted by Crippen LogP contribution is 2.34. The minimum Gasteiger partial charge on any atom is -0.373 e. The van der Waals surface area contributed by atoms with Crippen LogP contribution < -0.4 is 5.32 Å². The van der Waals surface area contributed by atoms with Crippen LogP contribution in [-0.4, -0.2) is 27.0 Å². The maximum Gasteiger partial charge on any atom is 0.182 e. The Kier molecular flexibility index (Phi) is 4.37. The molecule has 0 amide bonds. The van der Waals surface area contributed by atoms with Crippen LogP contribution in [0.4, 0.5) is 14.6 Å². The van der Waals surface area contributed by atoms with Gasteiger partial charge in [0, 0.05) is 35.4 Å². The van der Waals surface area contributed by atoms with E-state index in [1.54, 1.807) is 13.1 Å². The molecule has 8 heteroatoms. The first-order valence-electron chi connectivity index (χ1n) is 7.97. The minimum atomic E-state index is -0.577. The van der Waals surface area contributed by atoms with Gasteiger partial charge in [-0.2, -0.15) is 0 Å². The molecule has 0 fully saturated rings. The van der Waals surface area contributed by atoms with Crippen LogP contribution in [0.3, 0.4) is 0 Å². The molecule has 0 aliphatic heterocycles. The smallest absolute Gasteiger partial charge is 0.182 e. The number of halogens is 3. The molecule has 2 aromatic heterocycles. The predicted molar refractivity (Wildman–Crippen MR) is 100 cm³/mol. The van der Waals surface area contributed by atoms with Crippen molar-refractivity contribution in [2.75, 3.05) is 12.4 Å². The highest BCUT2D eigenvalue weighted by atomic mass is 35.5. The summed E-state index contributed by atoms with van der Waals surface area (Å²) in [5.41, 5.74) is 1.35. The Morgan fingerprint density at radius 1 is 1.04 bits per heavy atom. The molecule has 2 aromatic carbocycles. The molecule has 0 unspecified atom stereocenters. The van der Waals surface area contributed by atoms with Crippen molar-refractivity contribution in [2.45, 2.75) is 0 Å². The van der Waals surface area contributed by atoms with Crippen molar-refractivity contribution >= 4 is 28.3 Å². The molecule has 0 spiro atoms. The fraction of sp³-hybridized carbons (Fsp3) is 0.0526. The highest BCUT2D eigenvalue weighted by molar-refractivity contribution is 6.33. The van der Waals surface area contributed by atoms with E-state index in [0.29, 0.717) is 33.0 Å². The summed E-state index contributed by atoms with van der Waals surface area (Å²) < 4.78 is 28.5. The molecule has 4 aromatic rings. The monoisotopic (exact) mass is 383 g/mol. The molecule has 0 atom stereocenters. The van der Waals surface area contributed by atoms with Crippen LogP contribution in [0.1, 0.15) is 0 Å². The molecule has 4 rings (SSSR count). The van der Waals surface area contributed by atoms with Gasteiger partial charge in [-0.3, -0.25) is 4.98 Å². The van der Waals surface area contributed by atoms with Gasteiger partial charge >= 0.3 is 0 Å². The van der Waals surface area contributed by atoms with Crippen molar-refractivity contribution in [1.29, 1.82) is 0 Å². The minimum absolute atomic E-state index is 0.117. The van der Waals surface area contributed by atoms with Gasteiger partial charge in [-0.15, -0.1) is 0 Å². The number of hydrogen-bond acceptors (Lipinski definition) is 5. The zero-order valence-corrected chi connectivity index (χ0v) is 14.8. The quantitative estimate of drug-likeness (QED) is 0.554. The fourth-order valence-corrected chi connectivity index (χ4v) is 3.01. The van der Waals surface area contributed by atoms with E-state index >= 15 is 0 Å². The summed E-state index contributed by atoms with van der Waals surface area (Å²) in [7, 11) is 1.67. The number of benzene rings is 2. The number of hydrogen-bond donors (Lipinski definition) is 1. The van der Waals surface area contributed by atoms with Gasteiger partial charge in [-0.25, -0.2) is 23.7 Å². The van der Waals surface area contributed by atoms with Crippen LogP contribution >= 0.6 is 11.6 Å². The van der Waals surface area contributed by atoms with Gasteiger partial charge in [-0.1, -0.05) is 11.6 Å². The Labute approximate surface area is 158 Å². The SMILES string of the molecule is CNc1nc(-c2cnccn2)nc2c(F)cc(-c3cc(F)ccc3Cl)cc12. The first kappa shape index (κ1) is 17.2. The zero-order chi connectivity index (χ0) is 19.0. The molecule has 2 heterocycles. The summed E-state index contributed by atoms with van der Waals surface area (Å²) in [5, 5.41) is 3.70. The number of aromatic nitrogens is 4. The molecule has 0 saturated heterocycles. The molecular formula is C19H12ClF2N5. The second-order valence-corrected chi connectivity index (χ2v) is 6.12. The Morgan fingerprint density at radius 3 is 2.63 bits per heavy atom. The molecular weight excluding hydrogens is 372 g/mol. The van der Waals surface area contributed by atoms with Crippen LogP contribution in [-0.2, 0) is 0 Å². The van der Waals surface area contributed by atoms with Crippen LogP contribution in [0.2, 0.25) is 5.02 Å². The van der Waals surface area contributed by atoms with Crippen molar-refractivity contribution in [3.63, 3.8) is 0 Å². The molecule has 0 radical (unpaired) electrons. The van der Waals surface area contributed by atoms with Crippen LogP contribution in [0.15, 0.2) is 48.9 Å². The number of nitrogens with one attached hydrogen (secondary N) is 1. The van der Waals surface area contributed by atoms with Crippen LogP contribution in [0.25, 0.3) is 33.5 Å². The molecule has 5 nitrogen and oxygen atoms in total.